The quantitative estimate of drug-likeness (QED) is 0.0228. The lowest BCUT2D eigenvalue weighted by Gasteiger charge is -2.40. The Balaban J connectivity index is 2.74. The van der Waals surface area contributed by atoms with Crippen LogP contribution in [0.3, 0.4) is 0 Å². The Hall–Kier alpha value is -5.14. The molecule has 12 nitrogen and oxygen atoms in total. The number of aliphatic carboxylic acids is 1. The number of hydrogen-bond donors (Lipinski definition) is 3. The number of aliphatic hydroxyl groups excluding tert-OH is 2. The third kappa shape index (κ3) is 45.1. The van der Waals surface area contributed by atoms with Crippen LogP contribution < -0.4 is 0 Å². The average Bonchev–Trinajstić information content (AvgIpc) is 3.54. The molecule has 0 aromatic heterocycles. The van der Waals surface area contributed by atoms with E-state index in [9.17, 15) is 34.5 Å². The fourth-order valence-electron chi connectivity index (χ4n) is 8.54. The molecule has 1 rings (SSSR count). The predicted octanol–water partition coefficient (Wildman–Crippen LogP) is 16.6. The number of esters is 3. The smallest absolute Gasteiger partial charge is 0.335 e. The van der Waals surface area contributed by atoms with Crippen molar-refractivity contribution in [3.8, 4) is 0 Å². The van der Waals surface area contributed by atoms with Gasteiger partial charge in [0.15, 0.2) is 24.6 Å². The molecule has 0 amide bonds. The monoisotopic (exact) mass is 1130 g/mol. The Morgan fingerprint density at radius 2 is 0.802 bits per heavy atom. The van der Waals surface area contributed by atoms with Crippen molar-refractivity contribution in [3.63, 3.8) is 0 Å². The molecule has 1 aliphatic rings. The molecular formula is C69H108O12. The second kappa shape index (κ2) is 55.4. The minimum Gasteiger partial charge on any atom is -0.479 e. The Morgan fingerprint density at radius 1 is 0.420 bits per heavy atom. The third-order valence-corrected chi connectivity index (χ3v) is 13.2. The summed E-state index contributed by atoms with van der Waals surface area (Å²) in [4.78, 5) is 51.2. The Bertz CT molecular complexity index is 1920. The molecule has 0 aromatic carbocycles. The molecule has 1 saturated heterocycles. The molecule has 0 radical (unpaired) electrons. The number of carbonyl (C=O) groups excluding carboxylic acids is 3. The number of aliphatic hydroxyl groups is 2. The zero-order valence-corrected chi connectivity index (χ0v) is 50.2. The highest BCUT2D eigenvalue weighted by Gasteiger charge is 2.50. The summed E-state index contributed by atoms with van der Waals surface area (Å²) in [5, 5.41) is 31.5. The zero-order valence-electron chi connectivity index (χ0n) is 50.2. The number of hydrogen-bond acceptors (Lipinski definition) is 11. The molecule has 456 valence electrons. The predicted molar refractivity (Wildman–Crippen MR) is 330 cm³/mol. The molecule has 0 aromatic rings. The minimum atomic E-state index is -1.94. The largest absolute Gasteiger partial charge is 0.479 e. The molecular weight excluding hydrogens is 1020 g/mol. The van der Waals surface area contributed by atoms with Gasteiger partial charge < -0.3 is 39.0 Å². The van der Waals surface area contributed by atoms with Gasteiger partial charge in [0, 0.05) is 19.3 Å². The van der Waals surface area contributed by atoms with Crippen LogP contribution in [0.4, 0.5) is 0 Å². The second-order valence-corrected chi connectivity index (χ2v) is 20.6. The van der Waals surface area contributed by atoms with Crippen LogP contribution in [0.1, 0.15) is 226 Å². The molecule has 1 fully saturated rings. The Kier molecular flexibility index (Phi) is 50.5. The number of ether oxygens (including phenoxy) is 5. The van der Waals surface area contributed by atoms with E-state index in [1.54, 1.807) is 0 Å². The van der Waals surface area contributed by atoms with Crippen LogP contribution in [0.2, 0.25) is 0 Å². The minimum absolute atomic E-state index is 0.0741. The van der Waals surface area contributed by atoms with E-state index >= 15 is 0 Å². The van der Waals surface area contributed by atoms with Gasteiger partial charge >= 0.3 is 23.9 Å². The first-order valence-electron chi connectivity index (χ1n) is 31.2. The number of carboxylic acid groups (broad SMARTS) is 1. The number of carbonyl (C=O) groups is 4. The summed E-state index contributed by atoms with van der Waals surface area (Å²) in [5.74, 6) is -3.28. The first-order valence-corrected chi connectivity index (χ1v) is 31.2. The maximum atomic E-state index is 13.2. The van der Waals surface area contributed by atoms with Crippen molar-refractivity contribution in [2.45, 2.75) is 263 Å². The maximum Gasteiger partial charge on any atom is 0.335 e. The molecule has 0 saturated carbocycles. The topological polar surface area (TPSA) is 175 Å². The van der Waals surface area contributed by atoms with E-state index in [2.05, 4.69) is 136 Å². The lowest BCUT2D eigenvalue weighted by molar-refractivity contribution is -0.301. The number of carboxylic acids is 1. The summed E-state index contributed by atoms with van der Waals surface area (Å²) in [6.07, 6.45) is 65.7. The molecule has 0 bridgehead atoms. The average molecular weight is 1130 g/mol. The van der Waals surface area contributed by atoms with E-state index in [0.29, 0.717) is 25.7 Å². The molecule has 6 atom stereocenters. The van der Waals surface area contributed by atoms with Crippen molar-refractivity contribution in [2.24, 2.45) is 0 Å². The standard InChI is InChI=1S/C69H108O12/c1-4-7-10-13-16-19-22-25-27-29-31-33-35-38-40-43-46-49-52-55-61(70)77-58-60(79-62(71)56-53-50-47-44-41-37-24-21-18-15-12-9-6-3)59-78-69-67(65(74)64(73)66(81-69)68(75)76)80-63(72)57-54-51-48-45-42-39-36-34-32-30-28-26-23-20-17-14-11-8-5-2/h7-8,10-11,16-17,19-20,25-28,31-34,38-40,42,48,51,60,64-67,69,73-74H,4-6,9,12-15,18,21-24,29-30,35-37,41,43-47,49-50,52-59H2,1-3H3,(H,75,76)/b10-7-,11-8-,19-16-,20-17-,27-25-,28-26-,33-31-,34-32-,40-38-,42-39-,51-48-. The second-order valence-electron chi connectivity index (χ2n) is 20.6. The van der Waals surface area contributed by atoms with Crippen molar-refractivity contribution >= 4 is 23.9 Å². The van der Waals surface area contributed by atoms with Crippen molar-refractivity contribution in [3.05, 3.63) is 134 Å². The van der Waals surface area contributed by atoms with Crippen molar-refractivity contribution in [1.29, 1.82) is 0 Å². The van der Waals surface area contributed by atoms with E-state index in [-0.39, 0.29) is 25.9 Å². The first-order chi connectivity index (χ1) is 39.6. The molecule has 3 N–H and O–H groups in total. The van der Waals surface area contributed by atoms with Gasteiger partial charge in [-0.3, -0.25) is 14.4 Å². The van der Waals surface area contributed by atoms with Gasteiger partial charge in [0.1, 0.15) is 18.8 Å². The maximum absolute atomic E-state index is 13.2. The van der Waals surface area contributed by atoms with Gasteiger partial charge in [0.25, 0.3) is 0 Å². The van der Waals surface area contributed by atoms with Crippen LogP contribution in [-0.2, 0) is 42.9 Å². The highest BCUT2D eigenvalue weighted by Crippen LogP contribution is 2.26. The fourth-order valence-corrected chi connectivity index (χ4v) is 8.54. The normalized spacial score (nSPS) is 18.7. The number of rotatable bonds is 51. The van der Waals surface area contributed by atoms with Crippen molar-refractivity contribution in [1.82, 2.24) is 0 Å². The van der Waals surface area contributed by atoms with Crippen LogP contribution >= 0.6 is 0 Å². The van der Waals surface area contributed by atoms with E-state index in [4.69, 9.17) is 23.7 Å². The van der Waals surface area contributed by atoms with Gasteiger partial charge in [-0.05, 0) is 103 Å². The SMILES string of the molecule is CC/C=C\C/C=C\C/C=C\C/C=C\C/C=C\C/C=C\CCC(=O)OC1C(OCC(COC(=O)CCCCC/C=C\C/C=C\C/C=C\C/C=C\C/C=C\CC)OC(=O)CCCCCCCCCCCCCCC)OC(C(=O)O)C(O)C1O. The molecule has 0 spiro atoms. The van der Waals surface area contributed by atoms with E-state index in [1.807, 2.05) is 18.2 Å². The molecule has 0 aliphatic carbocycles. The first kappa shape index (κ1) is 73.9. The number of allylic oxidation sites excluding steroid dienone is 22. The van der Waals surface area contributed by atoms with Gasteiger partial charge in [0.05, 0.1) is 6.61 Å². The Morgan fingerprint density at radius 3 is 1.23 bits per heavy atom. The molecule has 1 heterocycles. The lowest BCUT2D eigenvalue weighted by Crippen LogP contribution is -2.61. The molecule has 12 heteroatoms. The number of unbranched alkanes of at least 4 members (excludes halogenated alkanes) is 15. The fraction of sp³-hybridized carbons (Fsp3) is 0.623. The molecule has 1 aliphatic heterocycles. The summed E-state index contributed by atoms with van der Waals surface area (Å²) in [7, 11) is 0. The van der Waals surface area contributed by atoms with Gasteiger partial charge in [-0.1, -0.05) is 238 Å². The zero-order chi connectivity index (χ0) is 58.9. The van der Waals surface area contributed by atoms with E-state index in [0.717, 1.165) is 103 Å². The van der Waals surface area contributed by atoms with Crippen LogP contribution in [0, 0.1) is 0 Å². The van der Waals surface area contributed by atoms with Crippen LogP contribution in [0.5, 0.6) is 0 Å². The van der Waals surface area contributed by atoms with Crippen LogP contribution in [0.15, 0.2) is 134 Å². The van der Waals surface area contributed by atoms with Gasteiger partial charge in [0.2, 0.25) is 0 Å². The summed E-state index contributed by atoms with van der Waals surface area (Å²) < 4.78 is 28.4. The Labute approximate surface area is 490 Å². The van der Waals surface area contributed by atoms with Gasteiger partial charge in [-0.2, -0.15) is 0 Å². The third-order valence-electron chi connectivity index (χ3n) is 13.2. The summed E-state index contributed by atoms with van der Waals surface area (Å²) >= 11 is 0. The van der Waals surface area contributed by atoms with Crippen LogP contribution in [-0.4, -0.2) is 89.2 Å². The lowest BCUT2D eigenvalue weighted by atomic mass is 9.98. The summed E-state index contributed by atoms with van der Waals surface area (Å²) in [5.41, 5.74) is 0. The highest BCUT2D eigenvalue weighted by molar-refractivity contribution is 5.74. The summed E-state index contributed by atoms with van der Waals surface area (Å²) in [6, 6.07) is 0. The van der Waals surface area contributed by atoms with Crippen molar-refractivity contribution < 1.29 is 58.2 Å². The van der Waals surface area contributed by atoms with Crippen LogP contribution in [0.25, 0.3) is 0 Å². The van der Waals surface area contributed by atoms with Crippen molar-refractivity contribution in [2.75, 3.05) is 13.2 Å². The van der Waals surface area contributed by atoms with E-state index in [1.165, 1.54) is 57.8 Å². The highest BCUT2D eigenvalue weighted by atomic mass is 16.7. The van der Waals surface area contributed by atoms with Gasteiger partial charge in [-0.25, -0.2) is 4.79 Å². The van der Waals surface area contributed by atoms with Gasteiger partial charge in [-0.15, -0.1) is 0 Å². The molecule has 6 unspecified atom stereocenters. The molecule has 81 heavy (non-hydrogen) atoms. The van der Waals surface area contributed by atoms with E-state index < -0.39 is 67.3 Å². The summed E-state index contributed by atoms with van der Waals surface area (Å²) in [6.45, 7) is 5.70.